The molecule has 0 saturated heterocycles. The van der Waals surface area contributed by atoms with E-state index in [2.05, 4.69) is 83.4 Å². The Labute approximate surface area is 266 Å². The van der Waals surface area contributed by atoms with Gasteiger partial charge in [0.05, 0.1) is 16.6 Å². The molecule has 4 heterocycles. The van der Waals surface area contributed by atoms with Crippen molar-refractivity contribution in [2.75, 3.05) is 0 Å². The summed E-state index contributed by atoms with van der Waals surface area (Å²) >= 11 is 1.80. The Balaban J connectivity index is 1.23. The minimum absolute atomic E-state index is 0.608. The molecule has 0 radical (unpaired) electrons. The van der Waals surface area contributed by atoms with Crippen LogP contribution in [0.5, 0.6) is 0 Å². The van der Waals surface area contributed by atoms with E-state index in [0.29, 0.717) is 11.1 Å². The molecule has 216 valence electrons. The molecule has 6 aromatic carbocycles. The summed E-state index contributed by atoms with van der Waals surface area (Å²) in [5, 5.41) is 10.1. The quantitative estimate of drug-likeness (QED) is 0.187. The summed E-state index contributed by atoms with van der Waals surface area (Å²) in [6.07, 6.45) is 2.31. The molecule has 0 N–H and O–H groups in total. The van der Waals surface area contributed by atoms with Gasteiger partial charge in [-0.3, -0.25) is 9.55 Å². The lowest BCUT2D eigenvalue weighted by atomic mass is 9.93. The van der Waals surface area contributed by atoms with Crippen LogP contribution in [0.15, 0.2) is 140 Å². The maximum absolute atomic E-state index is 16.8. The number of hydrogen-bond donors (Lipinski definition) is 0. The Hall–Kier alpha value is -5.65. The summed E-state index contributed by atoms with van der Waals surface area (Å²) in [7, 11) is 0. The van der Waals surface area contributed by atoms with E-state index in [1.165, 1.54) is 20.2 Å². The van der Waals surface area contributed by atoms with E-state index >= 15 is 4.39 Å². The van der Waals surface area contributed by atoms with Crippen LogP contribution in [0.25, 0.3) is 80.2 Å². The monoisotopic (exact) mass is 609 g/mol. The molecule has 0 bridgehead atoms. The lowest BCUT2D eigenvalue weighted by Gasteiger charge is -2.14. The predicted octanol–water partition coefficient (Wildman–Crippen LogP) is 11.5. The van der Waals surface area contributed by atoms with Gasteiger partial charge in [-0.1, -0.05) is 84.9 Å². The van der Waals surface area contributed by atoms with Crippen molar-refractivity contribution in [2.24, 2.45) is 0 Å². The molecular formula is C41H24FN3S. The summed E-state index contributed by atoms with van der Waals surface area (Å²) < 4.78 is 21.5. The number of aromatic nitrogens is 3. The summed E-state index contributed by atoms with van der Waals surface area (Å²) in [5.41, 5.74) is 4.15. The first-order valence-electron chi connectivity index (χ1n) is 15.4. The van der Waals surface area contributed by atoms with E-state index in [4.69, 9.17) is 9.97 Å². The third-order valence-corrected chi connectivity index (χ3v) is 10.5. The van der Waals surface area contributed by atoms with Crippen molar-refractivity contribution < 1.29 is 4.39 Å². The lowest BCUT2D eigenvalue weighted by molar-refractivity contribution is 0.402. The van der Waals surface area contributed by atoms with Gasteiger partial charge in [0.1, 0.15) is 5.82 Å². The minimum atomic E-state index is -1.32. The predicted molar refractivity (Wildman–Crippen MR) is 191 cm³/mol. The van der Waals surface area contributed by atoms with Gasteiger partial charge < -0.3 is 0 Å². The molecule has 3 nitrogen and oxygen atoms in total. The number of fused-ring (bicyclic) bond motifs is 13. The second-order valence-electron chi connectivity index (χ2n) is 11.8. The van der Waals surface area contributed by atoms with Crippen LogP contribution in [0, 0.1) is 0 Å². The van der Waals surface area contributed by atoms with Crippen molar-refractivity contribution in [1.29, 1.82) is 0 Å². The molecule has 5 heteroatoms. The SMILES string of the molecule is FC(c1ccc2c3ccccc3c3cccnc3c2c1)c1ccc2c3ccc4sc5ccccc5c4c3n(-c3ccccn3)c2c1. The van der Waals surface area contributed by atoms with Crippen molar-refractivity contribution in [3.8, 4) is 5.82 Å². The fourth-order valence-electron chi connectivity index (χ4n) is 7.34. The van der Waals surface area contributed by atoms with E-state index in [0.717, 1.165) is 60.1 Å². The van der Waals surface area contributed by atoms with Crippen LogP contribution in [-0.2, 0) is 0 Å². The summed E-state index contributed by atoms with van der Waals surface area (Å²) in [6.45, 7) is 0. The first kappa shape index (κ1) is 25.7. The lowest BCUT2D eigenvalue weighted by Crippen LogP contribution is -1.99. The number of hydrogen-bond acceptors (Lipinski definition) is 3. The average molecular weight is 610 g/mol. The fourth-order valence-corrected chi connectivity index (χ4v) is 8.45. The molecule has 46 heavy (non-hydrogen) atoms. The second kappa shape index (κ2) is 9.67. The molecule has 1 unspecified atom stereocenters. The number of alkyl halides is 1. The van der Waals surface area contributed by atoms with E-state index in [-0.39, 0.29) is 0 Å². The fraction of sp³-hybridized carbons (Fsp3) is 0.0244. The molecule has 4 aromatic heterocycles. The van der Waals surface area contributed by atoms with Crippen LogP contribution < -0.4 is 0 Å². The topological polar surface area (TPSA) is 30.7 Å². The van der Waals surface area contributed by atoms with Crippen LogP contribution in [0.2, 0.25) is 0 Å². The zero-order valence-corrected chi connectivity index (χ0v) is 25.3. The molecule has 0 aliphatic carbocycles. The standard InChI is InChI=1S/C41H24FN3S/c42-39(24-14-16-28-26-8-1-2-9-27(26)30-11-7-21-44-40(30)33(28)22-24)25-15-17-29-31-18-19-36-38(32-10-3-4-12-35(32)46-36)41(31)45(34(29)23-25)37-13-5-6-20-43-37/h1-23,39H. The van der Waals surface area contributed by atoms with Gasteiger partial charge in [0, 0.05) is 54.1 Å². The van der Waals surface area contributed by atoms with Crippen LogP contribution in [0.4, 0.5) is 4.39 Å². The van der Waals surface area contributed by atoms with Crippen molar-refractivity contribution in [1.82, 2.24) is 14.5 Å². The zero-order valence-electron chi connectivity index (χ0n) is 24.5. The molecule has 1 atom stereocenters. The molecule has 0 aliphatic rings. The van der Waals surface area contributed by atoms with E-state index in [9.17, 15) is 0 Å². The summed E-state index contributed by atoms with van der Waals surface area (Å²) in [5.74, 6) is 0.813. The molecule has 10 aromatic rings. The highest BCUT2D eigenvalue weighted by Crippen LogP contribution is 2.44. The molecule has 0 saturated carbocycles. The smallest absolute Gasteiger partial charge is 0.150 e. The largest absolute Gasteiger partial charge is 0.293 e. The van der Waals surface area contributed by atoms with Crippen LogP contribution in [-0.4, -0.2) is 14.5 Å². The Morgan fingerprint density at radius 2 is 1.20 bits per heavy atom. The van der Waals surface area contributed by atoms with Crippen molar-refractivity contribution in [3.05, 3.63) is 151 Å². The number of nitrogens with zero attached hydrogens (tertiary/aromatic N) is 3. The van der Waals surface area contributed by atoms with Crippen LogP contribution in [0.3, 0.4) is 0 Å². The minimum Gasteiger partial charge on any atom is -0.293 e. The second-order valence-corrected chi connectivity index (χ2v) is 12.9. The van der Waals surface area contributed by atoms with Crippen molar-refractivity contribution in [2.45, 2.75) is 6.17 Å². The molecule has 0 spiro atoms. The highest BCUT2D eigenvalue weighted by Gasteiger charge is 2.22. The molecular weight excluding hydrogens is 586 g/mol. The van der Waals surface area contributed by atoms with Gasteiger partial charge in [-0.25, -0.2) is 9.37 Å². The van der Waals surface area contributed by atoms with Gasteiger partial charge in [0.25, 0.3) is 0 Å². The number of benzene rings is 6. The van der Waals surface area contributed by atoms with E-state index < -0.39 is 6.17 Å². The average Bonchev–Trinajstić information content (AvgIpc) is 3.67. The van der Waals surface area contributed by atoms with Gasteiger partial charge >= 0.3 is 0 Å². The first-order valence-corrected chi connectivity index (χ1v) is 16.2. The summed E-state index contributed by atoms with van der Waals surface area (Å²) in [6, 6.07) is 43.3. The maximum atomic E-state index is 16.8. The molecule has 0 amide bonds. The molecule has 10 rings (SSSR count). The maximum Gasteiger partial charge on any atom is 0.150 e. The van der Waals surface area contributed by atoms with Gasteiger partial charge in [0.15, 0.2) is 6.17 Å². The van der Waals surface area contributed by atoms with Gasteiger partial charge in [-0.05, 0) is 69.8 Å². The van der Waals surface area contributed by atoms with Gasteiger partial charge in [-0.2, -0.15) is 0 Å². The zero-order chi connectivity index (χ0) is 30.4. The third-order valence-electron chi connectivity index (χ3n) is 9.37. The number of halogens is 1. The Kier molecular flexibility index (Phi) is 5.39. The van der Waals surface area contributed by atoms with Crippen LogP contribution >= 0.6 is 11.3 Å². The number of pyridine rings is 2. The summed E-state index contributed by atoms with van der Waals surface area (Å²) in [4.78, 5) is 9.53. The normalized spacial score (nSPS) is 12.8. The molecule has 0 aliphatic heterocycles. The Bertz CT molecular complexity index is 2800. The van der Waals surface area contributed by atoms with Gasteiger partial charge in [-0.15, -0.1) is 11.3 Å². The highest BCUT2D eigenvalue weighted by atomic mass is 32.1. The van der Waals surface area contributed by atoms with Crippen LogP contribution in [0.1, 0.15) is 17.3 Å². The number of rotatable bonds is 3. The molecule has 0 fully saturated rings. The number of thiophene rings is 1. The first-order chi connectivity index (χ1) is 22.7. The third kappa shape index (κ3) is 3.57. The Morgan fingerprint density at radius 3 is 2.04 bits per heavy atom. The van der Waals surface area contributed by atoms with Crippen molar-refractivity contribution >= 4 is 85.8 Å². The van der Waals surface area contributed by atoms with Crippen molar-refractivity contribution in [3.63, 3.8) is 0 Å². The van der Waals surface area contributed by atoms with E-state index in [1.807, 2.05) is 60.9 Å². The Morgan fingerprint density at radius 1 is 0.522 bits per heavy atom. The highest BCUT2D eigenvalue weighted by molar-refractivity contribution is 7.26. The van der Waals surface area contributed by atoms with Gasteiger partial charge in [0.2, 0.25) is 0 Å². The van der Waals surface area contributed by atoms with E-state index in [1.54, 1.807) is 11.3 Å².